The van der Waals surface area contributed by atoms with Crippen molar-refractivity contribution in [3.63, 3.8) is 0 Å². The first-order chi connectivity index (χ1) is 12.1. The van der Waals surface area contributed by atoms with Crippen molar-refractivity contribution in [1.82, 2.24) is 19.0 Å². The minimum atomic E-state index is -3.23. The highest BCUT2D eigenvalue weighted by Crippen LogP contribution is 2.58. The van der Waals surface area contributed by atoms with Gasteiger partial charge >= 0.3 is 6.03 Å². The normalized spacial score (nSPS) is 29.2. The third-order valence-corrected chi connectivity index (χ3v) is 7.96. The summed E-state index contributed by atoms with van der Waals surface area (Å²) in [5, 5.41) is 0. The first-order valence-electron chi connectivity index (χ1n) is 9.27. The summed E-state index contributed by atoms with van der Waals surface area (Å²) in [6.45, 7) is 5.19. The second-order valence-corrected chi connectivity index (χ2v) is 10.2. The molecule has 0 aromatic heterocycles. The maximum atomic E-state index is 13.3. The molecule has 8 nitrogen and oxygen atoms in total. The molecule has 3 fully saturated rings. The number of likely N-dealkylation sites (tertiary alicyclic amines) is 2. The molecule has 26 heavy (non-hydrogen) atoms. The predicted octanol–water partition coefficient (Wildman–Crippen LogP) is 0.264. The van der Waals surface area contributed by atoms with Crippen LogP contribution in [0.25, 0.3) is 0 Å². The largest absolute Gasteiger partial charge is 0.342 e. The van der Waals surface area contributed by atoms with Crippen LogP contribution in [0.4, 0.5) is 4.79 Å². The molecule has 0 aromatic carbocycles. The predicted molar refractivity (Wildman–Crippen MR) is 98.0 cm³/mol. The Morgan fingerprint density at radius 1 is 1.12 bits per heavy atom. The van der Waals surface area contributed by atoms with E-state index in [1.807, 2.05) is 11.8 Å². The minimum Gasteiger partial charge on any atom is -0.342 e. The molecule has 0 aliphatic carbocycles. The lowest BCUT2D eigenvalue weighted by molar-refractivity contribution is -0.141. The van der Waals surface area contributed by atoms with Crippen LogP contribution in [0.5, 0.6) is 0 Å². The Kier molecular flexibility index (Phi) is 4.75. The van der Waals surface area contributed by atoms with Crippen LogP contribution in [0.3, 0.4) is 0 Å². The highest BCUT2D eigenvalue weighted by atomic mass is 32.2. The van der Waals surface area contributed by atoms with Crippen molar-refractivity contribution < 1.29 is 18.0 Å². The zero-order valence-corrected chi connectivity index (χ0v) is 17.0. The van der Waals surface area contributed by atoms with Crippen molar-refractivity contribution in [1.29, 1.82) is 0 Å². The van der Waals surface area contributed by atoms with Gasteiger partial charge in [-0.15, -0.1) is 0 Å². The SMILES string of the molecule is CCN1CC[C@]2(CN(C(=O)N(C)C)CC23CCN(S(C)(=O)=O)CC3)C1=O. The molecule has 3 rings (SSSR count). The number of rotatable bonds is 2. The van der Waals surface area contributed by atoms with Crippen LogP contribution in [0.15, 0.2) is 0 Å². The van der Waals surface area contributed by atoms with E-state index in [2.05, 4.69) is 0 Å². The van der Waals surface area contributed by atoms with E-state index in [0.717, 1.165) is 13.0 Å². The van der Waals surface area contributed by atoms with Crippen LogP contribution in [-0.4, -0.2) is 99.0 Å². The summed E-state index contributed by atoms with van der Waals surface area (Å²) in [6, 6.07) is -0.0745. The Bertz CT molecular complexity index is 700. The summed E-state index contributed by atoms with van der Waals surface area (Å²) in [6.07, 6.45) is 3.23. The lowest BCUT2D eigenvalue weighted by Gasteiger charge is -2.46. The summed E-state index contributed by atoms with van der Waals surface area (Å²) < 4.78 is 25.3. The van der Waals surface area contributed by atoms with Crippen LogP contribution in [0.1, 0.15) is 26.2 Å². The van der Waals surface area contributed by atoms with Crippen LogP contribution < -0.4 is 0 Å². The smallest absolute Gasteiger partial charge is 0.319 e. The molecule has 3 heterocycles. The lowest BCUT2D eigenvalue weighted by atomic mass is 9.60. The van der Waals surface area contributed by atoms with E-state index in [1.54, 1.807) is 23.9 Å². The van der Waals surface area contributed by atoms with Crippen molar-refractivity contribution in [2.24, 2.45) is 10.8 Å². The number of sulfonamides is 1. The van der Waals surface area contributed by atoms with E-state index in [9.17, 15) is 18.0 Å². The summed E-state index contributed by atoms with van der Waals surface area (Å²) in [4.78, 5) is 31.1. The van der Waals surface area contributed by atoms with Gasteiger partial charge in [0.2, 0.25) is 15.9 Å². The molecule has 0 radical (unpaired) electrons. The number of amides is 3. The molecule has 3 aliphatic rings. The number of piperidine rings is 1. The van der Waals surface area contributed by atoms with Gasteiger partial charge in [-0.3, -0.25) is 4.79 Å². The van der Waals surface area contributed by atoms with E-state index in [4.69, 9.17) is 0 Å². The van der Waals surface area contributed by atoms with Crippen LogP contribution in [0.2, 0.25) is 0 Å². The number of fused-ring (bicyclic) bond motifs is 1. The zero-order chi connectivity index (χ0) is 19.3. The van der Waals surface area contributed by atoms with Gasteiger partial charge in [0.1, 0.15) is 0 Å². The lowest BCUT2D eigenvalue weighted by Crippen LogP contribution is -2.53. The Labute approximate surface area is 156 Å². The average Bonchev–Trinajstić information content (AvgIpc) is 3.06. The van der Waals surface area contributed by atoms with E-state index in [0.29, 0.717) is 45.6 Å². The van der Waals surface area contributed by atoms with Crippen LogP contribution in [0, 0.1) is 10.8 Å². The van der Waals surface area contributed by atoms with Gasteiger partial charge in [0, 0.05) is 58.8 Å². The molecule has 3 amide bonds. The first-order valence-corrected chi connectivity index (χ1v) is 11.1. The number of hydrogen-bond acceptors (Lipinski definition) is 4. The second-order valence-electron chi connectivity index (χ2n) is 8.19. The molecule has 1 atom stereocenters. The Morgan fingerprint density at radius 3 is 2.19 bits per heavy atom. The fraction of sp³-hybridized carbons (Fsp3) is 0.882. The molecule has 2 spiro atoms. The van der Waals surface area contributed by atoms with Gasteiger partial charge in [-0.1, -0.05) is 0 Å². The van der Waals surface area contributed by atoms with Gasteiger partial charge in [0.15, 0.2) is 0 Å². The van der Waals surface area contributed by atoms with Crippen molar-refractivity contribution >= 4 is 22.0 Å². The highest BCUT2D eigenvalue weighted by Gasteiger charge is 2.66. The zero-order valence-electron chi connectivity index (χ0n) is 16.2. The van der Waals surface area contributed by atoms with E-state index >= 15 is 0 Å². The molecular formula is C17H30N4O4S. The van der Waals surface area contributed by atoms with E-state index in [1.165, 1.54) is 10.6 Å². The van der Waals surface area contributed by atoms with Gasteiger partial charge in [0.05, 0.1) is 11.7 Å². The van der Waals surface area contributed by atoms with Gasteiger partial charge in [-0.05, 0) is 26.2 Å². The maximum absolute atomic E-state index is 13.3. The standard InChI is InChI=1S/C17H30N4O4S/c1-5-19-9-8-17(14(19)22)13-20(15(23)18(2)3)12-16(17)6-10-21(11-7-16)26(4,24)25/h5-13H2,1-4H3/t17-/m0/s1. The van der Waals surface area contributed by atoms with Crippen molar-refractivity contribution in [3.05, 3.63) is 0 Å². The molecule has 0 aromatic rings. The fourth-order valence-electron chi connectivity index (χ4n) is 5.14. The summed E-state index contributed by atoms with van der Waals surface area (Å²) >= 11 is 0. The third kappa shape index (κ3) is 2.79. The topological polar surface area (TPSA) is 81.2 Å². The molecular weight excluding hydrogens is 356 g/mol. The second kappa shape index (κ2) is 6.37. The molecule has 0 saturated carbocycles. The molecule has 0 bridgehead atoms. The fourth-order valence-corrected chi connectivity index (χ4v) is 5.99. The van der Waals surface area contributed by atoms with Gasteiger partial charge in [-0.25, -0.2) is 17.5 Å². The monoisotopic (exact) mass is 386 g/mol. The molecule has 0 unspecified atom stereocenters. The van der Waals surface area contributed by atoms with Gasteiger partial charge in [-0.2, -0.15) is 0 Å². The highest BCUT2D eigenvalue weighted by molar-refractivity contribution is 7.88. The molecule has 3 aliphatic heterocycles. The molecule has 0 N–H and O–H groups in total. The molecule has 9 heteroatoms. The maximum Gasteiger partial charge on any atom is 0.319 e. The van der Waals surface area contributed by atoms with Crippen molar-refractivity contribution in [2.45, 2.75) is 26.2 Å². The number of carbonyl (C=O) groups excluding carboxylic acids is 2. The Hall–Kier alpha value is -1.35. The van der Waals surface area contributed by atoms with Crippen molar-refractivity contribution in [3.8, 4) is 0 Å². The Balaban J connectivity index is 1.93. The summed E-state index contributed by atoms with van der Waals surface area (Å²) in [7, 11) is 0.216. The first kappa shape index (κ1) is 19.4. The van der Waals surface area contributed by atoms with Gasteiger partial charge < -0.3 is 14.7 Å². The Morgan fingerprint density at radius 2 is 1.73 bits per heavy atom. The summed E-state index contributed by atoms with van der Waals surface area (Å²) in [5.41, 5.74) is -0.904. The molecule has 148 valence electrons. The summed E-state index contributed by atoms with van der Waals surface area (Å²) in [5.74, 6) is 0.141. The number of hydrogen-bond donors (Lipinski definition) is 0. The number of urea groups is 1. The van der Waals surface area contributed by atoms with Crippen LogP contribution in [-0.2, 0) is 14.8 Å². The van der Waals surface area contributed by atoms with Gasteiger partial charge in [0.25, 0.3) is 0 Å². The quantitative estimate of drug-likeness (QED) is 0.682. The number of nitrogens with zero attached hydrogens (tertiary/aromatic N) is 4. The number of carbonyl (C=O) groups is 2. The van der Waals surface area contributed by atoms with E-state index < -0.39 is 15.4 Å². The third-order valence-electron chi connectivity index (χ3n) is 6.66. The molecule has 3 saturated heterocycles. The van der Waals surface area contributed by atoms with Crippen LogP contribution >= 0.6 is 0 Å². The van der Waals surface area contributed by atoms with E-state index in [-0.39, 0.29) is 17.4 Å². The average molecular weight is 387 g/mol. The minimum absolute atomic E-state index is 0.0745. The van der Waals surface area contributed by atoms with Crippen molar-refractivity contribution in [2.75, 3.05) is 59.6 Å².